The molecule has 8 aromatic rings. The molecule has 0 saturated carbocycles. The molecule has 0 saturated heterocycles. The summed E-state index contributed by atoms with van der Waals surface area (Å²) in [4.78, 5) is 9.78. The van der Waals surface area contributed by atoms with Crippen LogP contribution < -0.4 is 14.5 Å². The van der Waals surface area contributed by atoms with Gasteiger partial charge in [-0.25, -0.2) is 4.98 Å². The highest BCUT2D eigenvalue weighted by Gasteiger charge is 2.31. The first-order chi connectivity index (χ1) is 28.1. The molecule has 2 aromatic heterocycles. The van der Waals surface area contributed by atoms with E-state index in [1.807, 2.05) is 6.20 Å². The summed E-state index contributed by atoms with van der Waals surface area (Å²) < 4.78 is 9.21. The zero-order valence-corrected chi connectivity index (χ0v) is 35.8. The second-order valence-corrected chi connectivity index (χ2v) is 19.1. The van der Waals surface area contributed by atoms with E-state index < -0.39 is 0 Å². The van der Waals surface area contributed by atoms with Crippen molar-refractivity contribution in [3.8, 4) is 28.4 Å². The van der Waals surface area contributed by atoms with E-state index in [9.17, 15) is 0 Å². The van der Waals surface area contributed by atoms with Crippen molar-refractivity contribution in [3.63, 3.8) is 0 Å². The maximum absolute atomic E-state index is 6.93. The van der Waals surface area contributed by atoms with Gasteiger partial charge in [0.2, 0.25) is 0 Å². The van der Waals surface area contributed by atoms with E-state index in [4.69, 9.17) is 9.72 Å². The Morgan fingerprint density at radius 1 is 0.458 bits per heavy atom. The van der Waals surface area contributed by atoms with Crippen LogP contribution in [0.5, 0.6) is 11.5 Å². The predicted molar refractivity (Wildman–Crippen MR) is 249 cm³/mol. The lowest BCUT2D eigenvalue weighted by Crippen LogP contribution is -2.25. The summed E-state index contributed by atoms with van der Waals surface area (Å²) in [5.41, 5.74) is 12.9. The number of fused-ring (bicyclic) bond motifs is 4. The highest BCUT2D eigenvalue weighted by molar-refractivity contribution is 6.09. The summed E-state index contributed by atoms with van der Waals surface area (Å²) in [6.07, 6.45) is 1.93. The Hall–Kier alpha value is -6.33. The first kappa shape index (κ1) is 38.2. The normalized spacial score (nSPS) is 13.4. The molecule has 0 bridgehead atoms. The summed E-state index contributed by atoms with van der Waals surface area (Å²) >= 11 is 0. The van der Waals surface area contributed by atoms with Crippen LogP contribution in [0.1, 0.15) is 79.0 Å². The highest BCUT2D eigenvalue weighted by atomic mass is 16.5. The van der Waals surface area contributed by atoms with Crippen LogP contribution in [-0.2, 0) is 16.2 Å². The third-order valence-electron chi connectivity index (χ3n) is 11.7. The summed E-state index contributed by atoms with van der Waals surface area (Å²) in [6.45, 7) is 21.1. The molecule has 0 radical (unpaired) electrons. The molecule has 3 heterocycles. The molecule has 6 aromatic carbocycles. The van der Waals surface area contributed by atoms with E-state index in [1.54, 1.807) is 0 Å². The lowest BCUT2D eigenvalue weighted by Gasteiger charge is -2.27. The molecule has 1 aliphatic rings. The quantitative estimate of drug-likeness (QED) is 0.168. The molecule has 0 N–H and O–H groups in total. The minimum Gasteiger partial charge on any atom is -0.457 e. The molecule has 5 nitrogen and oxygen atoms in total. The maximum atomic E-state index is 6.93. The Balaban J connectivity index is 1.13. The van der Waals surface area contributed by atoms with Crippen LogP contribution in [0.15, 0.2) is 152 Å². The zero-order valence-electron chi connectivity index (χ0n) is 35.8. The molecule has 0 fully saturated rings. The average molecular weight is 775 g/mol. The van der Waals surface area contributed by atoms with Crippen molar-refractivity contribution in [2.24, 2.45) is 0 Å². The molecule has 5 heteroatoms. The first-order valence-corrected chi connectivity index (χ1v) is 20.8. The standard InChI is InChI=1S/C54H54N4O/c1-52(2,3)38-25-26-55-51(32-38)58-47-20-14-13-19-45(47)46-24-23-43(34-50(46)58)59-44-31-40(54(7,8)9)30-42(33-44)57-35-56(48-21-15-16-22-49(48)57)41-28-37(36-17-11-10-12-18-36)27-39(29-41)53(4,5)6/h10-34H,35H2,1-9H3. The minimum absolute atomic E-state index is 0.00501. The maximum Gasteiger partial charge on any atom is 0.137 e. The average Bonchev–Trinajstić information content (AvgIpc) is 3.76. The minimum atomic E-state index is -0.112. The second kappa shape index (κ2) is 14.2. The van der Waals surface area contributed by atoms with Gasteiger partial charge in [-0.05, 0) is 111 Å². The Kier molecular flexibility index (Phi) is 9.19. The molecule has 0 spiro atoms. The van der Waals surface area contributed by atoms with Crippen molar-refractivity contribution in [2.75, 3.05) is 16.5 Å². The van der Waals surface area contributed by atoms with Gasteiger partial charge in [-0.3, -0.25) is 4.57 Å². The first-order valence-electron chi connectivity index (χ1n) is 20.8. The monoisotopic (exact) mass is 774 g/mol. The fraction of sp³-hybridized carbons (Fsp3) is 0.241. The largest absolute Gasteiger partial charge is 0.457 e. The summed E-state index contributed by atoms with van der Waals surface area (Å²) in [5, 5.41) is 2.36. The fourth-order valence-electron chi connectivity index (χ4n) is 8.29. The highest BCUT2D eigenvalue weighted by Crippen LogP contribution is 2.47. The van der Waals surface area contributed by atoms with Crippen molar-refractivity contribution in [3.05, 3.63) is 168 Å². The van der Waals surface area contributed by atoms with Crippen LogP contribution >= 0.6 is 0 Å². The predicted octanol–water partition coefficient (Wildman–Crippen LogP) is 14.8. The van der Waals surface area contributed by atoms with Crippen LogP contribution in [0.2, 0.25) is 0 Å². The topological polar surface area (TPSA) is 33.5 Å². The van der Waals surface area contributed by atoms with Crippen LogP contribution in [0.4, 0.5) is 22.7 Å². The van der Waals surface area contributed by atoms with Crippen LogP contribution in [-0.4, -0.2) is 16.2 Å². The van der Waals surface area contributed by atoms with Crippen molar-refractivity contribution >= 4 is 44.6 Å². The number of anilines is 4. The fourth-order valence-corrected chi connectivity index (χ4v) is 8.29. The molecular weight excluding hydrogens is 721 g/mol. The van der Waals surface area contributed by atoms with E-state index in [0.717, 1.165) is 34.0 Å². The SMILES string of the molecule is CC(C)(C)c1cc(Oc2ccc3c4ccccc4n(-c4cc(C(C)(C)C)ccn4)c3c2)cc(N2CN(c3cc(-c4ccccc4)cc(C(C)(C)C)c3)c3ccccc32)c1. The lowest BCUT2D eigenvalue weighted by molar-refractivity contribution is 0.479. The third-order valence-corrected chi connectivity index (χ3v) is 11.7. The van der Waals surface area contributed by atoms with Gasteiger partial charge in [0.15, 0.2) is 0 Å². The van der Waals surface area contributed by atoms with E-state index in [-0.39, 0.29) is 16.2 Å². The molecule has 0 atom stereocenters. The van der Waals surface area contributed by atoms with E-state index >= 15 is 0 Å². The number of rotatable bonds is 6. The number of hydrogen-bond acceptors (Lipinski definition) is 4. The molecule has 0 aliphatic carbocycles. The molecule has 0 amide bonds. The van der Waals surface area contributed by atoms with Gasteiger partial charge >= 0.3 is 0 Å². The molecule has 59 heavy (non-hydrogen) atoms. The van der Waals surface area contributed by atoms with Crippen molar-refractivity contribution in [2.45, 2.75) is 78.6 Å². The summed E-state index contributed by atoms with van der Waals surface area (Å²) in [6, 6.07) is 52.7. The molecular formula is C54H54N4O. The van der Waals surface area contributed by atoms with Gasteiger partial charge in [0.05, 0.1) is 22.4 Å². The van der Waals surface area contributed by atoms with Gasteiger partial charge < -0.3 is 14.5 Å². The van der Waals surface area contributed by atoms with Gasteiger partial charge in [0.1, 0.15) is 24.0 Å². The van der Waals surface area contributed by atoms with E-state index in [0.29, 0.717) is 6.67 Å². The number of hydrogen-bond donors (Lipinski definition) is 0. The molecule has 1 aliphatic heterocycles. The van der Waals surface area contributed by atoms with E-state index in [2.05, 4.69) is 222 Å². The summed E-state index contributed by atoms with van der Waals surface area (Å²) in [5.74, 6) is 2.49. The molecule has 296 valence electrons. The van der Waals surface area contributed by atoms with Crippen molar-refractivity contribution < 1.29 is 4.74 Å². The van der Waals surface area contributed by atoms with Crippen LogP contribution in [0.3, 0.4) is 0 Å². The Morgan fingerprint density at radius 2 is 1.05 bits per heavy atom. The van der Waals surface area contributed by atoms with E-state index in [1.165, 1.54) is 55.7 Å². The Bertz CT molecular complexity index is 2850. The number of pyridine rings is 1. The van der Waals surface area contributed by atoms with Crippen LogP contribution in [0, 0.1) is 0 Å². The Labute approximate surface area is 349 Å². The molecule has 0 unspecified atom stereocenters. The third kappa shape index (κ3) is 7.24. The smallest absolute Gasteiger partial charge is 0.137 e. The van der Waals surface area contributed by atoms with Crippen LogP contribution in [0.25, 0.3) is 38.8 Å². The second-order valence-electron chi connectivity index (χ2n) is 19.1. The van der Waals surface area contributed by atoms with Gasteiger partial charge in [-0.1, -0.05) is 129 Å². The number of nitrogens with zero attached hydrogens (tertiary/aromatic N) is 4. The number of ether oxygens (including phenoxy) is 1. The van der Waals surface area contributed by atoms with Gasteiger partial charge in [-0.2, -0.15) is 0 Å². The molecule has 9 rings (SSSR count). The number of benzene rings is 6. The van der Waals surface area contributed by atoms with Crippen molar-refractivity contribution in [1.29, 1.82) is 0 Å². The van der Waals surface area contributed by atoms with Gasteiger partial charge in [0.25, 0.3) is 0 Å². The zero-order chi connectivity index (χ0) is 41.3. The lowest BCUT2D eigenvalue weighted by atomic mass is 9.85. The number of para-hydroxylation sites is 3. The van der Waals surface area contributed by atoms with Gasteiger partial charge in [-0.15, -0.1) is 0 Å². The number of aromatic nitrogens is 2. The van der Waals surface area contributed by atoms with Crippen molar-refractivity contribution in [1.82, 2.24) is 9.55 Å². The van der Waals surface area contributed by atoms with Gasteiger partial charge in [0, 0.05) is 40.5 Å². The Morgan fingerprint density at radius 3 is 1.73 bits per heavy atom. The summed E-state index contributed by atoms with van der Waals surface area (Å²) in [7, 11) is 0.